The van der Waals surface area contributed by atoms with Crippen LogP contribution in [0.15, 0.2) is 12.1 Å². The molecule has 1 aromatic carbocycles. The van der Waals surface area contributed by atoms with Crippen LogP contribution in [0.4, 0.5) is 0 Å². The summed E-state index contributed by atoms with van der Waals surface area (Å²) in [5, 5.41) is 10.2. The van der Waals surface area contributed by atoms with E-state index in [-0.39, 0.29) is 5.75 Å². The summed E-state index contributed by atoms with van der Waals surface area (Å²) in [5.41, 5.74) is 1.10. The molecule has 1 atom stereocenters. The van der Waals surface area contributed by atoms with Crippen LogP contribution in [-0.2, 0) is 6.54 Å². The second kappa shape index (κ2) is 6.42. The van der Waals surface area contributed by atoms with Gasteiger partial charge >= 0.3 is 0 Å². The monoisotopic (exact) mass is 310 g/mol. The van der Waals surface area contributed by atoms with Crippen molar-refractivity contribution in [3.63, 3.8) is 0 Å². The van der Waals surface area contributed by atoms with Crippen LogP contribution in [0.1, 0.15) is 24.8 Å². The third kappa shape index (κ3) is 3.28. The number of methoxy groups -OCH3 is 1. The summed E-state index contributed by atoms with van der Waals surface area (Å²) in [4.78, 5) is 5.13. The predicted molar refractivity (Wildman–Crippen MR) is 84.2 cm³/mol. The van der Waals surface area contributed by atoms with Crippen molar-refractivity contribution in [3.8, 4) is 11.5 Å². The topological polar surface area (TPSA) is 35.9 Å². The van der Waals surface area contributed by atoms with E-state index in [1.54, 1.807) is 7.11 Å². The highest BCUT2D eigenvalue weighted by Crippen LogP contribution is 2.35. The van der Waals surface area contributed by atoms with Crippen LogP contribution >= 0.6 is 11.6 Å². The molecule has 3 rings (SSSR count). The van der Waals surface area contributed by atoms with Crippen molar-refractivity contribution in [1.29, 1.82) is 0 Å². The fraction of sp³-hybridized carbons (Fsp3) is 0.625. The Bertz CT molecular complexity index is 509. The van der Waals surface area contributed by atoms with Crippen LogP contribution in [0.25, 0.3) is 0 Å². The van der Waals surface area contributed by atoms with Gasteiger partial charge in [-0.1, -0.05) is 11.6 Å². The minimum atomic E-state index is 0.0285. The fourth-order valence-corrected chi connectivity index (χ4v) is 3.79. The molecule has 5 heteroatoms. The van der Waals surface area contributed by atoms with Crippen LogP contribution in [0.5, 0.6) is 11.5 Å². The number of fused-ring (bicyclic) bond motifs is 1. The van der Waals surface area contributed by atoms with E-state index < -0.39 is 0 Å². The molecule has 1 unspecified atom stereocenters. The number of aromatic hydroxyl groups is 1. The lowest BCUT2D eigenvalue weighted by atomic mass is 10.1. The summed E-state index contributed by atoms with van der Waals surface area (Å²) < 4.78 is 5.19. The second-order valence-corrected chi connectivity index (χ2v) is 6.46. The first kappa shape index (κ1) is 14.9. The zero-order valence-corrected chi connectivity index (χ0v) is 13.3. The zero-order valence-electron chi connectivity index (χ0n) is 12.5. The van der Waals surface area contributed by atoms with Crippen molar-refractivity contribution in [3.05, 3.63) is 22.7 Å². The summed E-state index contributed by atoms with van der Waals surface area (Å²) in [7, 11) is 1.55. The number of rotatable bonds is 3. The highest BCUT2D eigenvalue weighted by atomic mass is 35.5. The minimum absolute atomic E-state index is 0.0285. The fourth-order valence-electron chi connectivity index (χ4n) is 3.56. The summed E-state index contributed by atoms with van der Waals surface area (Å²) >= 11 is 6.08. The number of halogens is 1. The van der Waals surface area contributed by atoms with Crippen LogP contribution in [0.3, 0.4) is 0 Å². The third-order valence-corrected chi connectivity index (χ3v) is 4.89. The number of hydrogen-bond acceptors (Lipinski definition) is 4. The van der Waals surface area contributed by atoms with Gasteiger partial charge in [-0.2, -0.15) is 0 Å². The molecule has 21 heavy (non-hydrogen) atoms. The number of phenolic OH excluding ortho intramolecular Hbond substituents is 1. The molecule has 0 radical (unpaired) electrons. The van der Waals surface area contributed by atoms with Gasteiger partial charge in [0.1, 0.15) is 0 Å². The van der Waals surface area contributed by atoms with Gasteiger partial charge in [-0.3, -0.25) is 9.80 Å². The van der Waals surface area contributed by atoms with E-state index in [1.807, 2.05) is 12.1 Å². The molecule has 116 valence electrons. The van der Waals surface area contributed by atoms with E-state index in [0.29, 0.717) is 16.8 Å². The van der Waals surface area contributed by atoms with Crippen molar-refractivity contribution in [1.82, 2.24) is 9.80 Å². The average Bonchev–Trinajstić information content (AvgIpc) is 2.81. The average molecular weight is 311 g/mol. The molecule has 0 aliphatic carbocycles. The lowest BCUT2D eigenvalue weighted by molar-refractivity contribution is 0.215. The van der Waals surface area contributed by atoms with Gasteiger partial charge in [0.15, 0.2) is 11.5 Å². The molecule has 1 N–H and O–H groups in total. The quantitative estimate of drug-likeness (QED) is 0.931. The highest BCUT2D eigenvalue weighted by molar-refractivity contribution is 6.32. The van der Waals surface area contributed by atoms with E-state index in [1.165, 1.54) is 32.4 Å². The van der Waals surface area contributed by atoms with Gasteiger partial charge in [-0.15, -0.1) is 0 Å². The highest BCUT2D eigenvalue weighted by Gasteiger charge is 2.28. The minimum Gasteiger partial charge on any atom is -0.503 e. The van der Waals surface area contributed by atoms with Gasteiger partial charge in [0.25, 0.3) is 0 Å². The molecule has 0 amide bonds. The van der Waals surface area contributed by atoms with E-state index in [2.05, 4.69) is 9.80 Å². The Morgan fingerprint density at radius 2 is 2.10 bits per heavy atom. The molecule has 2 saturated heterocycles. The maximum atomic E-state index is 9.82. The number of phenols is 1. The molecular weight excluding hydrogens is 288 g/mol. The summed E-state index contributed by atoms with van der Waals surface area (Å²) in [6.07, 6.45) is 3.87. The first-order chi connectivity index (χ1) is 10.2. The molecule has 2 heterocycles. The molecule has 0 aromatic heterocycles. The van der Waals surface area contributed by atoms with Crippen molar-refractivity contribution < 1.29 is 9.84 Å². The van der Waals surface area contributed by atoms with E-state index in [9.17, 15) is 5.11 Å². The number of benzene rings is 1. The maximum absolute atomic E-state index is 9.82. The van der Waals surface area contributed by atoms with Gasteiger partial charge in [-0.25, -0.2) is 0 Å². The number of ether oxygens (including phenoxy) is 1. The standard InChI is InChI=1S/C16H23ClN2O2/c1-21-15-9-12(8-14(17)16(15)20)10-18-5-3-7-19-6-2-4-13(19)11-18/h8-9,13,20H,2-7,10-11H2,1H3. The van der Waals surface area contributed by atoms with Crippen LogP contribution in [-0.4, -0.2) is 54.2 Å². The van der Waals surface area contributed by atoms with Crippen LogP contribution < -0.4 is 4.74 Å². The Balaban J connectivity index is 1.72. The Hall–Kier alpha value is -0.970. The lowest BCUT2D eigenvalue weighted by Gasteiger charge is -2.25. The molecule has 0 saturated carbocycles. The van der Waals surface area contributed by atoms with Crippen molar-refractivity contribution in [2.75, 3.05) is 33.3 Å². The van der Waals surface area contributed by atoms with Crippen molar-refractivity contribution in [2.24, 2.45) is 0 Å². The molecule has 0 bridgehead atoms. The van der Waals surface area contributed by atoms with Crippen LogP contribution in [0, 0.1) is 0 Å². The summed E-state index contributed by atoms with van der Waals surface area (Å²) in [6, 6.07) is 4.44. The molecule has 2 aliphatic rings. The first-order valence-electron chi connectivity index (χ1n) is 7.69. The molecule has 1 aromatic rings. The third-order valence-electron chi connectivity index (χ3n) is 4.60. The van der Waals surface area contributed by atoms with Gasteiger partial charge in [0, 0.05) is 19.1 Å². The maximum Gasteiger partial charge on any atom is 0.176 e. The largest absolute Gasteiger partial charge is 0.503 e. The Labute approximate surface area is 131 Å². The lowest BCUT2D eigenvalue weighted by Crippen LogP contribution is -2.36. The van der Waals surface area contributed by atoms with Gasteiger partial charge in [0.05, 0.1) is 12.1 Å². The van der Waals surface area contributed by atoms with Crippen molar-refractivity contribution >= 4 is 11.6 Å². The number of nitrogens with zero attached hydrogens (tertiary/aromatic N) is 2. The van der Waals surface area contributed by atoms with Gasteiger partial charge in [-0.05, 0) is 56.6 Å². The molecule has 2 fully saturated rings. The van der Waals surface area contributed by atoms with Crippen LogP contribution in [0.2, 0.25) is 5.02 Å². The van der Waals surface area contributed by atoms with E-state index >= 15 is 0 Å². The predicted octanol–water partition coefficient (Wildman–Crippen LogP) is 2.72. The van der Waals surface area contributed by atoms with E-state index in [4.69, 9.17) is 16.3 Å². The molecular formula is C16H23ClN2O2. The van der Waals surface area contributed by atoms with Crippen molar-refractivity contribution in [2.45, 2.75) is 31.8 Å². The first-order valence-corrected chi connectivity index (χ1v) is 8.07. The molecule has 4 nitrogen and oxygen atoms in total. The van der Waals surface area contributed by atoms with E-state index in [0.717, 1.165) is 25.2 Å². The SMILES string of the molecule is COc1cc(CN2CCCN3CCCC3C2)cc(Cl)c1O. The Morgan fingerprint density at radius 1 is 1.29 bits per heavy atom. The zero-order chi connectivity index (χ0) is 14.8. The van der Waals surface area contributed by atoms with Gasteiger partial charge < -0.3 is 9.84 Å². The number of hydrogen-bond donors (Lipinski definition) is 1. The molecule has 0 spiro atoms. The Kier molecular flexibility index (Phi) is 4.57. The smallest absolute Gasteiger partial charge is 0.176 e. The summed E-state index contributed by atoms with van der Waals surface area (Å²) in [6.45, 7) is 5.59. The summed E-state index contributed by atoms with van der Waals surface area (Å²) in [5.74, 6) is 0.482. The Morgan fingerprint density at radius 3 is 2.90 bits per heavy atom. The normalized spacial score (nSPS) is 23.8. The molecule has 2 aliphatic heterocycles. The second-order valence-electron chi connectivity index (χ2n) is 6.05. The van der Waals surface area contributed by atoms with Gasteiger partial charge in [0.2, 0.25) is 0 Å².